The van der Waals surface area contributed by atoms with Crippen LogP contribution in [0.15, 0.2) is 36.4 Å². The van der Waals surface area contributed by atoms with E-state index in [1.165, 1.54) is 6.07 Å². The number of benzene rings is 2. The van der Waals surface area contributed by atoms with Gasteiger partial charge in [0, 0.05) is 25.3 Å². The molecule has 0 aliphatic heterocycles. The quantitative estimate of drug-likeness (QED) is 0.494. The van der Waals surface area contributed by atoms with Crippen molar-refractivity contribution in [3.8, 4) is 11.5 Å². The molecule has 0 radical (unpaired) electrons. The molecule has 0 saturated carbocycles. The molecular weight excluding hydrogens is 394 g/mol. The number of carbonyl (C=O) groups excluding carboxylic acids is 1. The zero-order valence-corrected chi connectivity index (χ0v) is 16.8. The predicted molar refractivity (Wildman–Crippen MR) is 108 cm³/mol. The highest BCUT2D eigenvalue weighted by Gasteiger charge is 2.15. The molecule has 1 amide bonds. The average molecular weight is 418 g/mol. The highest BCUT2D eigenvalue weighted by Crippen LogP contribution is 2.27. The third-order valence-corrected chi connectivity index (χ3v) is 4.58. The number of amides is 1. The van der Waals surface area contributed by atoms with Crippen LogP contribution in [0.4, 0.5) is 8.78 Å². The van der Waals surface area contributed by atoms with E-state index in [0.29, 0.717) is 37.9 Å². The monoisotopic (exact) mass is 418 g/mol. The lowest BCUT2D eigenvalue weighted by atomic mass is 10.3. The van der Waals surface area contributed by atoms with Gasteiger partial charge in [-0.1, -0.05) is 0 Å². The smallest absolute Gasteiger partial charge is 0.234 e. The maximum Gasteiger partial charge on any atom is 0.234 e. The normalized spacial score (nSPS) is 12.3. The van der Waals surface area contributed by atoms with Gasteiger partial charge in [0.1, 0.15) is 17.3 Å². The molecule has 0 spiro atoms. The number of primary amides is 1. The molecule has 0 aliphatic carbocycles. The Hall–Kier alpha value is -3.04. The number of nitrogens with two attached hydrogens (primary N) is 1. The number of nitrogens with zero attached hydrogens (tertiary/aromatic N) is 2. The minimum atomic E-state index is -0.979. The highest BCUT2D eigenvalue weighted by atomic mass is 19.2. The lowest BCUT2D eigenvalue weighted by Crippen LogP contribution is -2.38. The minimum Gasteiger partial charge on any atom is -0.457 e. The van der Waals surface area contributed by atoms with Crippen LogP contribution in [0.3, 0.4) is 0 Å². The molecule has 0 aliphatic rings. The Bertz CT molecular complexity index is 1040. The van der Waals surface area contributed by atoms with Crippen LogP contribution in [0.5, 0.6) is 11.5 Å². The highest BCUT2D eigenvalue weighted by molar-refractivity contribution is 5.79. The molecule has 7 nitrogen and oxygen atoms in total. The summed E-state index contributed by atoms with van der Waals surface area (Å²) in [6.45, 7) is 5.54. The van der Waals surface area contributed by atoms with Gasteiger partial charge in [-0.2, -0.15) is 0 Å². The molecule has 160 valence electrons. The Morgan fingerprint density at radius 2 is 1.93 bits per heavy atom. The van der Waals surface area contributed by atoms with E-state index in [2.05, 4.69) is 10.3 Å². The fourth-order valence-electron chi connectivity index (χ4n) is 2.92. The molecule has 3 rings (SSSR count). The molecule has 1 heterocycles. The van der Waals surface area contributed by atoms with Crippen molar-refractivity contribution < 1.29 is 23.0 Å². The first-order valence-corrected chi connectivity index (χ1v) is 9.61. The van der Waals surface area contributed by atoms with E-state index in [9.17, 15) is 13.6 Å². The maximum absolute atomic E-state index is 13.5. The Balaban J connectivity index is 1.89. The van der Waals surface area contributed by atoms with Crippen LogP contribution in [-0.2, 0) is 22.6 Å². The van der Waals surface area contributed by atoms with E-state index < -0.39 is 23.6 Å². The lowest BCUT2D eigenvalue weighted by molar-refractivity contribution is -0.119. The standard InChI is InChI=1S/C21H24F2N4O3/c1-3-29-9-8-27-19-11-15(30-14-4-6-16(22)17(23)10-14)5-7-18(19)26-20(27)12-25-13(2)21(24)28/h4-7,10-11,13,25H,3,8-9,12H2,1-2H3,(H2,24,28)/t13-/m0/s1. The molecule has 0 fully saturated rings. The third kappa shape index (κ3) is 5.11. The molecule has 1 atom stereocenters. The number of nitrogens with one attached hydrogen (secondary N) is 1. The summed E-state index contributed by atoms with van der Waals surface area (Å²) in [5.74, 6) is -1.01. The minimum absolute atomic E-state index is 0.186. The number of imidazole rings is 1. The third-order valence-electron chi connectivity index (χ3n) is 4.58. The van der Waals surface area contributed by atoms with Gasteiger partial charge in [-0.05, 0) is 38.1 Å². The van der Waals surface area contributed by atoms with Gasteiger partial charge in [-0.15, -0.1) is 0 Å². The molecule has 0 unspecified atom stereocenters. The summed E-state index contributed by atoms with van der Waals surface area (Å²) in [6, 6.07) is 8.12. The summed E-state index contributed by atoms with van der Waals surface area (Å²) in [4.78, 5) is 15.9. The number of rotatable bonds is 10. The Kier molecular flexibility index (Phi) is 6.96. The zero-order chi connectivity index (χ0) is 21.7. The van der Waals surface area contributed by atoms with Gasteiger partial charge in [0.25, 0.3) is 0 Å². The van der Waals surface area contributed by atoms with Gasteiger partial charge in [0.05, 0.1) is 30.2 Å². The molecule has 3 N–H and O–H groups in total. The van der Waals surface area contributed by atoms with Crippen molar-refractivity contribution in [3.63, 3.8) is 0 Å². The van der Waals surface area contributed by atoms with Crippen LogP contribution >= 0.6 is 0 Å². The number of hydrogen-bond donors (Lipinski definition) is 2. The van der Waals surface area contributed by atoms with Crippen molar-refractivity contribution in [1.82, 2.24) is 14.9 Å². The molecule has 2 aromatic carbocycles. The second-order valence-corrected chi connectivity index (χ2v) is 6.71. The van der Waals surface area contributed by atoms with Crippen LogP contribution in [0.1, 0.15) is 19.7 Å². The summed E-state index contributed by atoms with van der Waals surface area (Å²) in [5, 5.41) is 3.05. The summed E-state index contributed by atoms with van der Waals surface area (Å²) < 4.78 is 39.7. The first kappa shape index (κ1) is 21.7. The molecule has 3 aromatic rings. The molecule has 1 aromatic heterocycles. The van der Waals surface area contributed by atoms with Crippen molar-refractivity contribution in [1.29, 1.82) is 0 Å². The summed E-state index contributed by atoms with van der Waals surface area (Å²) in [6.07, 6.45) is 0. The Morgan fingerprint density at radius 1 is 1.20 bits per heavy atom. The van der Waals surface area contributed by atoms with E-state index in [-0.39, 0.29) is 5.75 Å². The van der Waals surface area contributed by atoms with Crippen molar-refractivity contribution in [2.24, 2.45) is 5.73 Å². The van der Waals surface area contributed by atoms with Crippen molar-refractivity contribution in [3.05, 3.63) is 53.9 Å². The first-order chi connectivity index (χ1) is 14.4. The molecule has 0 saturated heterocycles. The molecular formula is C21H24F2N4O3. The zero-order valence-electron chi connectivity index (χ0n) is 16.8. The van der Waals surface area contributed by atoms with Gasteiger partial charge < -0.3 is 19.8 Å². The molecule has 30 heavy (non-hydrogen) atoms. The topological polar surface area (TPSA) is 91.4 Å². The number of fused-ring (bicyclic) bond motifs is 1. The maximum atomic E-state index is 13.5. The summed E-state index contributed by atoms with van der Waals surface area (Å²) in [5.41, 5.74) is 6.83. The van der Waals surface area contributed by atoms with Gasteiger partial charge in [-0.25, -0.2) is 13.8 Å². The van der Waals surface area contributed by atoms with Crippen molar-refractivity contribution in [2.45, 2.75) is 33.0 Å². The van der Waals surface area contributed by atoms with Gasteiger partial charge >= 0.3 is 0 Å². The number of hydrogen-bond acceptors (Lipinski definition) is 5. The number of carbonyl (C=O) groups is 1. The van der Waals surface area contributed by atoms with Crippen LogP contribution in [0, 0.1) is 11.6 Å². The molecule has 9 heteroatoms. The fourth-order valence-corrected chi connectivity index (χ4v) is 2.92. The predicted octanol–water partition coefficient (Wildman–Crippen LogP) is 3.11. The Labute approximate surface area is 172 Å². The van der Waals surface area contributed by atoms with E-state index in [4.69, 9.17) is 15.2 Å². The Morgan fingerprint density at radius 3 is 2.63 bits per heavy atom. The van der Waals surface area contributed by atoms with E-state index in [1.807, 2.05) is 11.5 Å². The average Bonchev–Trinajstić information content (AvgIpc) is 3.06. The van der Waals surface area contributed by atoms with Gasteiger partial charge in [0.2, 0.25) is 5.91 Å². The largest absolute Gasteiger partial charge is 0.457 e. The van der Waals surface area contributed by atoms with E-state index >= 15 is 0 Å². The van der Waals surface area contributed by atoms with Crippen LogP contribution in [-0.4, -0.2) is 34.7 Å². The van der Waals surface area contributed by atoms with Crippen LogP contribution in [0.2, 0.25) is 0 Å². The van der Waals surface area contributed by atoms with Gasteiger partial charge in [-0.3, -0.25) is 10.1 Å². The van der Waals surface area contributed by atoms with E-state index in [0.717, 1.165) is 23.2 Å². The van der Waals surface area contributed by atoms with Gasteiger partial charge in [0.15, 0.2) is 11.6 Å². The van der Waals surface area contributed by atoms with Crippen LogP contribution in [0.25, 0.3) is 11.0 Å². The van der Waals surface area contributed by atoms with E-state index in [1.54, 1.807) is 25.1 Å². The number of aromatic nitrogens is 2. The molecule has 0 bridgehead atoms. The second-order valence-electron chi connectivity index (χ2n) is 6.71. The first-order valence-electron chi connectivity index (χ1n) is 9.61. The summed E-state index contributed by atoms with van der Waals surface area (Å²) in [7, 11) is 0. The van der Waals surface area contributed by atoms with Crippen LogP contribution < -0.4 is 15.8 Å². The van der Waals surface area contributed by atoms with Crippen molar-refractivity contribution in [2.75, 3.05) is 13.2 Å². The lowest BCUT2D eigenvalue weighted by Gasteiger charge is -2.13. The summed E-state index contributed by atoms with van der Waals surface area (Å²) >= 11 is 0. The fraction of sp³-hybridized carbons (Fsp3) is 0.333. The van der Waals surface area contributed by atoms with Crippen molar-refractivity contribution >= 4 is 16.9 Å². The second kappa shape index (κ2) is 9.64. The number of halogens is 2. The number of ether oxygens (including phenoxy) is 2. The SMILES string of the molecule is CCOCCn1c(CN[C@@H](C)C(N)=O)nc2ccc(Oc3ccc(F)c(F)c3)cc21.